The quantitative estimate of drug-likeness (QED) is 0.0540. The molecule has 11 aromatic heterocycles. The Balaban J connectivity index is 0.000000142. The van der Waals surface area contributed by atoms with E-state index in [9.17, 15) is 42.7 Å². The number of methoxy groups -OCH3 is 4. The fourth-order valence-corrected chi connectivity index (χ4v) is 7.81. The number of aliphatic carboxylic acids is 4. The number of ketones is 4. The lowest BCUT2D eigenvalue weighted by Gasteiger charge is -2.06. The summed E-state index contributed by atoms with van der Waals surface area (Å²) < 4.78 is 38.4. The molecular weight excluding hydrogens is 1080 g/mol. The average molecular weight is 1110 g/mol. The molecule has 0 aliphatic carbocycles. The zero-order valence-electron chi connectivity index (χ0n) is 41.9. The first-order chi connectivity index (χ1) is 38.8. The summed E-state index contributed by atoms with van der Waals surface area (Å²) in [4.78, 5) is 121. The van der Waals surface area contributed by atoms with Crippen molar-refractivity contribution in [3.05, 3.63) is 115 Å². The number of halogens is 1. The van der Waals surface area contributed by atoms with Gasteiger partial charge in [-0.3, -0.25) is 19.2 Å². The molecule has 0 saturated carbocycles. The molecule has 0 amide bonds. The van der Waals surface area contributed by atoms with Crippen LogP contribution in [0, 0.1) is 12.7 Å². The number of aryl methyl sites for hydroxylation is 1. The smallest absolute Gasteiger partial charge is 0.377 e. The van der Waals surface area contributed by atoms with Gasteiger partial charge in [0.1, 0.15) is 34.9 Å². The standard InChI is InChI=1S/C13H11N5O4.C12H9N5O4.C11H6FN5O3.C11H10N2O5/c1-6-16-5-18(17-6)12-10-9(8(22-2)4-15-12)7(3-14-10)11(19)13(20)21;1-21-7-5-14-11(17-3-2-15-16-17)9-8(7)6(4-13-9)10(18)12(19)20;12-6-4-14-10(17-2-1-15-16-17)8-7(6)5(3-13-8)9(18)11(19)20;1-17-6-4-13-10(18-2)8-7(6)5(3-12-8)9(14)11(15)16/h3-5,14H,1-2H3,(H,20,21);2-5,13H,1H3,(H,19,20);1-4,13H,(H,19,20);3-4,12H,1-2H3,(H,15,16). The number of fused-ring (bicyclic) bond motifs is 4. The van der Waals surface area contributed by atoms with Crippen molar-refractivity contribution in [1.29, 1.82) is 0 Å². The second-order valence-electron chi connectivity index (χ2n) is 15.8. The number of H-pyrrole nitrogens is 4. The SMILES string of the molecule is COc1cnc(-n2ccnn2)c2[nH]cc(C(=O)C(=O)O)c12.COc1cnc(-n2cnc(C)n2)c2[nH]cc(C(=O)C(=O)O)c12.COc1ncc(OC)c2c(C(=O)C(=O)O)c[nH]c12.O=C(O)C(=O)c1c[nH]c2c(-n3ccnn3)ncc(F)c12. The average Bonchev–Trinajstić information content (AvgIpc) is 4.38. The molecule has 412 valence electrons. The van der Waals surface area contributed by atoms with E-state index >= 15 is 0 Å². The first kappa shape index (κ1) is 55.1. The van der Waals surface area contributed by atoms with E-state index in [1.807, 2.05) is 0 Å². The monoisotopic (exact) mass is 1110 g/mol. The van der Waals surface area contributed by atoms with Crippen molar-refractivity contribution < 1.29 is 82.1 Å². The number of aromatic amines is 4. The minimum atomic E-state index is -1.66. The number of carbonyl (C=O) groups excluding carboxylic acids is 4. The zero-order chi connectivity index (χ0) is 58.4. The van der Waals surface area contributed by atoms with Gasteiger partial charge < -0.3 is 59.3 Å². The van der Waals surface area contributed by atoms with Crippen LogP contribution in [0.2, 0.25) is 0 Å². The van der Waals surface area contributed by atoms with E-state index in [1.54, 1.807) is 13.1 Å². The molecule has 0 saturated heterocycles. The van der Waals surface area contributed by atoms with Crippen molar-refractivity contribution in [1.82, 2.24) is 84.6 Å². The van der Waals surface area contributed by atoms with E-state index in [1.165, 1.54) is 105 Å². The molecule has 11 aromatic rings. The molecule has 8 N–H and O–H groups in total. The van der Waals surface area contributed by atoms with Crippen LogP contribution in [0.3, 0.4) is 0 Å². The van der Waals surface area contributed by atoms with E-state index in [4.69, 9.17) is 39.4 Å². The maximum atomic E-state index is 13.9. The van der Waals surface area contributed by atoms with Gasteiger partial charge in [-0.15, -0.1) is 10.2 Å². The number of nitrogens with one attached hydrogen (secondary N) is 4. The lowest BCUT2D eigenvalue weighted by Crippen LogP contribution is -2.12. The van der Waals surface area contributed by atoms with Crippen molar-refractivity contribution in [3.8, 4) is 40.6 Å². The Labute approximate surface area is 446 Å². The highest BCUT2D eigenvalue weighted by Gasteiger charge is 2.28. The third kappa shape index (κ3) is 10.6. The van der Waals surface area contributed by atoms with Gasteiger partial charge in [-0.1, -0.05) is 10.4 Å². The Kier molecular flexibility index (Phi) is 15.6. The molecule has 0 aromatic carbocycles. The minimum absolute atomic E-state index is 0.000151. The molecule has 33 nitrogen and oxygen atoms in total. The number of aromatic nitrogens is 17. The van der Waals surface area contributed by atoms with Gasteiger partial charge >= 0.3 is 23.9 Å². The maximum Gasteiger partial charge on any atom is 0.377 e. The van der Waals surface area contributed by atoms with Crippen LogP contribution < -0.4 is 18.9 Å². The van der Waals surface area contributed by atoms with Crippen LogP contribution in [0.25, 0.3) is 61.1 Å². The number of carbonyl (C=O) groups is 8. The van der Waals surface area contributed by atoms with Crippen LogP contribution in [-0.4, -0.2) is 180 Å². The van der Waals surface area contributed by atoms with E-state index in [0.717, 1.165) is 12.4 Å². The Bertz CT molecular complexity index is 4270. The van der Waals surface area contributed by atoms with E-state index in [0.29, 0.717) is 67.4 Å². The first-order valence-corrected chi connectivity index (χ1v) is 22.4. The van der Waals surface area contributed by atoms with Gasteiger partial charge in [-0.25, -0.2) is 62.5 Å². The highest BCUT2D eigenvalue weighted by atomic mass is 19.1. The molecule has 0 spiro atoms. The van der Waals surface area contributed by atoms with Crippen LogP contribution >= 0.6 is 0 Å². The number of nitrogens with zero attached hydrogens (tertiary/aromatic N) is 13. The van der Waals surface area contributed by atoms with Gasteiger partial charge in [0, 0.05) is 24.8 Å². The summed E-state index contributed by atoms with van der Waals surface area (Å²) in [5.41, 5.74) is 1.20. The number of hydrogen-bond donors (Lipinski definition) is 8. The van der Waals surface area contributed by atoms with Crippen molar-refractivity contribution in [2.75, 3.05) is 28.4 Å². The van der Waals surface area contributed by atoms with Crippen LogP contribution in [0.15, 0.2) is 80.7 Å². The van der Waals surface area contributed by atoms with Gasteiger partial charge in [-0.2, -0.15) is 5.10 Å². The van der Waals surface area contributed by atoms with Gasteiger partial charge in [-0.05, 0) is 6.92 Å². The van der Waals surface area contributed by atoms with Crippen molar-refractivity contribution in [3.63, 3.8) is 0 Å². The fraction of sp³-hybridized carbons (Fsp3) is 0.106. The predicted octanol–water partition coefficient (Wildman–Crippen LogP) is 2.54. The number of ether oxygens (including phenoxy) is 4. The maximum absolute atomic E-state index is 13.9. The van der Waals surface area contributed by atoms with Crippen molar-refractivity contribution >= 4 is 90.6 Å². The number of pyridine rings is 4. The van der Waals surface area contributed by atoms with Crippen LogP contribution in [0.5, 0.6) is 23.1 Å². The predicted molar refractivity (Wildman–Crippen MR) is 268 cm³/mol. The molecule has 0 bridgehead atoms. The lowest BCUT2D eigenvalue weighted by atomic mass is 10.1. The third-order valence-corrected chi connectivity index (χ3v) is 11.3. The Morgan fingerprint density at radius 3 is 1.19 bits per heavy atom. The molecule has 0 fully saturated rings. The first-order valence-electron chi connectivity index (χ1n) is 22.4. The summed E-state index contributed by atoms with van der Waals surface area (Å²) in [6, 6.07) is 0. The van der Waals surface area contributed by atoms with Crippen LogP contribution in [-0.2, 0) is 19.2 Å². The fourth-order valence-electron chi connectivity index (χ4n) is 7.81. The Morgan fingerprint density at radius 1 is 0.469 bits per heavy atom. The van der Waals surface area contributed by atoms with Gasteiger partial charge in [0.25, 0.3) is 23.1 Å². The molecule has 0 radical (unpaired) electrons. The zero-order valence-corrected chi connectivity index (χ0v) is 41.9. The number of carboxylic acid groups (broad SMARTS) is 4. The molecule has 34 heteroatoms. The highest BCUT2D eigenvalue weighted by Crippen LogP contribution is 2.35. The van der Waals surface area contributed by atoms with Gasteiger partial charge in [0.15, 0.2) is 23.3 Å². The summed E-state index contributed by atoms with van der Waals surface area (Å²) >= 11 is 0. The molecule has 11 rings (SSSR count). The number of rotatable bonds is 15. The number of carboxylic acids is 4. The Morgan fingerprint density at radius 2 is 0.827 bits per heavy atom. The molecule has 81 heavy (non-hydrogen) atoms. The molecule has 0 aliphatic heterocycles. The summed E-state index contributed by atoms with van der Waals surface area (Å²) in [7, 11) is 5.66. The molecular formula is C47H36FN17O16. The highest BCUT2D eigenvalue weighted by molar-refractivity contribution is 6.44. The van der Waals surface area contributed by atoms with Crippen LogP contribution in [0.4, 0.5) is 4.39 Å². The van der Waals surface area contributed by atoms with Gasteiger partial charge in [0.05, 0.1) is 138 Å². The van der Waals surface area contributed by atoms with E-state index in [2.05, 4.69) is 70.6 Å². The second kappa shape index (κ2) is 23.0. The van der Waals surface area contributed by atoms with Crippen molar-refractivity contribution in [2.45, 2.75) is 6.92 Å². The summed E-state index contributed by atoms with van der Waals surface area (Å²) in [6.45, 7) is 1.73. The van der Waals surface area contributed by atoms with Gasteiger partial charge in [0.2, 0.25) is 5.88 Å². The molecule has 0 aliphatic rings. The van der Waals surface area contributed by atoms with Crippen LogP contribution in [0.1, 0.15) is 47.3 Å². The molecule has 0 atom stereocenters. The topological polar surface area (TPSA) is 461 Å². The minimum Gasteiger partial charge on any atom is -0.494 e. The second-order valence-corrected chi connectivity index (χ2v) is 15.8. The number of Topliss-reactive ketones (excluding diaryl/α,β-unsaturated/α-hetero) is 4. The normalized spacial score (nSPS) is 10.7. The van der Waals surface area contributed by atoms with E-state index < -0.39 is 52.8 Å². The molecule has 0 unspecified atom stereocenters. The van der Waals surface area contributed by atoms with E-state index in [-0.39, 0.29) is 44.9 Å². The third-order valence-electron chi connectivity index (χ3n) is 11.3. The molecule has 11 heterocycles. The summed E-state index contributed by atoms with van der Waals surface area (Å²) in [5.74, 6) is -8.68. The Hall–Kier alpha value is -12.1. The lowest BCUT2D eigenvalue weighted by molar-refractivity contribution is -0.132. The van der Waals surface area contributed by atoms with Crippen molar-refractivity contribution in [2.24, 2.45) is 0 Å². The number of hydrogen-bond acceptors (Lipinski definition) is 22. The largest absolute Gasteiger partial charge is 0.494 e. The summed E-state index contributed by atoms with van der Waals surface area (Å²) in [6.07, 6.45) is 17.5. The summed E-state index contributed by atoms with van der Waals surface area (Å²) in [5, 5.41) is 55.1.